The number of nitrogens with one attached hydrogen (secondary N) is 1. The van der Waals surface area contributed by atoms with Gasteiger partial charge in [-0.15, -0.1) is 0 Å². The zero-order valence-corrected chi connectivity index (χ0v) is 24.1. The third-order valence-corrected chi connectivity index (χ3v) is 7.38. The second kappa shape index (κ2) is 14.5. The van der Waals surface area contributed by atoms with Gasteiger partial charge in [-0.05, 0) is 97.4 Å². The Morgan fingerprint density at radius 1 is 0.950 bits per heavy atom. The van der Waals surface area contributed by atoms with Gasteiger partial charge in [0.25, 0.3) is 0 Å². The highest BCUT2D eigenvalue weighted by Crippen LogP contribution is 2.30. The summed E-state index contributed by atoms with van der Waals surface area (Å²) >= 11 is 0. The Hall–Kier alpha value is -3.83. The highest BCUT2D eigenvalue weighted by atomic mass is 19.1. The third-order valence-electron chi connectivity index (χ3n) is 7.38. The van der Waals surface area contributed by atoms with Gasteiger partial charge < -0.3 is 5.32 Å². The fourth-order valence-corrected chi connectivity index (χ4v) is 4.97. The molecule has 0 spiro atoms. The molecule has 1 N–H and O–H groups in total. The number of hydrogen-bond donors (Lipinski definition) is 1. The zero-order valence-electron chi connectivity index (χ0n) is 24.1. The first kappa shape index (κ1) is 29.2. The van der Waals surface area contributed by atoms with Gasteiger partial charge in [0.1, 0.15) is 5.82 Å². The van der Waals surface area contributed by atoms with Crippen molar-refractivity contribution >= 4 is 11.3 Å². The minimum atomic E-state index is -0.167. The van der Waals surface area contributed by atoms with Crippen LogP contribution in [-0.4, -0.2) is 35.0 Å². The molecule has 0 amide bonds. The molecule has 2 aromatic carbocycles. The smallest absolute Gasteiger partial charge is 0.126 e. The van der Waals surface area contributed by atoms with E-state index >= 15 is 0 Å². The van der Waals surface area contributed by atoms with E-state index in [1.165, 1.54) is 60.7 Å². The van der Waals surface area contributed by atoms with Crippen LogP contribution in [0.15, 0.2) is 85.8 Å². The molecular formula is C35H41FN4. The molecule has 1 fully saturated rings. The van der Waals surface area contributed by atoms with Gasteiger partial charge in [0.2, 0.25) is 0 Å². The van der Waals surface area contributed by atoms with Gasteiger partial charge in [0.15, 0.2) is 0 Å². The second-order valence-electron chi connectivity index (χ2n) is 10.5. The average Bonchev–Trinajstić information content (AvgIpc) is 2.99. The van der Waals surface area contributed by atoms with E-state index in [1.54, 1.807) is 18.3 Å². The Labute approximate surface area is 239 Å². The molecule has 0 unspecified atom stereocenters. The van der Waals surface area contributed by atoms with E-state index in [0.717, 1.165) is 35.5 Å². The largest absolute Gasteiger partial charge is 0.388 e. The summed E-state index contributed by atoms with van der Waals surface area (Å²) in [6.45, 7) is 11.8. The number of aromatic nitrogens is 2. The van der Waals surface area contributed by atoms with E-state index in [9.17, 15) is 4.39 Å². The normalized spacial score (nSPS) is 13.3. The predicted molar refractivity (Wildman–Crippen MR) is 166 cm³/mol. The maximum Gasteiger partial charge on any atom is 0.126 e. The molecule has 0 atom stereocenters. The number of benzene rings is 2. The predicted octanol–water partition coefficient (Wildman–Crippen LogP) is 8.32. The van der Waals surface area contributed by atoms with Gasteiger partial charge in [-0.1, -0.05) is 50.3 Å². The average molecular weight is 537 g/mol. The van der Waals surface area contributed by atoms with Crippen molar-refractivity contribution in [2.24, 2.45) is 0 Å². The van der Waals surface area contributed by atoms with E-state index in [0.29, 0.717) is 12.0 Å². The van der Waals surface area contributed by atoms with Crippen LogP contribution in [0.3, 0.4) is 0 Å². The summed E-state index contributed by atoms with van der Waals surface area (Å²) in [7, 11) is 1.96. The van der Waals surface area contributed by atoms with Crippen LogP contribution in [-0.2, 0) is 13.0 Å². The lowest BCUT2D eigenvalue weighted by molar-refractivity contribution is 0.220. The van der Waals surface area contributed by atoms with Crippen LogP contribution in [0.25, 0.3) is 16.7 Å². The van der Waals surface area contributed by atoms with Crippen LogP contribution in [0.2, 0.25) is 0 Å². The molecule has 0 radical (unpaired) electrons. The summed E-state index contributed by atoms with van der Waals surface area (Å²) in [5.41, 5.74) is 9.87. The highest BCUT2D eigenvalue weighted by Gasteiger charge is 2.12. The highest BCUT2D eigenvalue weighted by molar-refractivity contribution is 5.80. The molecule has 5 heteroatoms. The van der Waals surface area contributed by atoms with Gasteiger partial charge in [0.05, 0.1) is 0 Å². The topological polar surface area (TPSA) is 41.1 Å². The quantitative estimate of drug-likeness (QED) is 0.246. The first-order valence-electron chi connectivity index (χ1n) is 14.3. The number of hydrogen-bond acceptors (Lipinski definition) is 4. The summed E-state index contributed by atoms with van der Waals surface area (Å²) in [6, 6.07) is 19.6. The van der Waals surface area contributed by atoms with Crippen molar-refractivity contribution in [3.05, 3.63) is 120 Å². The summed E-state index contributed by atoms with van der Waals surface area (Å²) in [4.78, 5) is 11.3. The van der Waals surface area contributed by atoms with E-state index in [1.807, 2.05) is 44.6 Å². The van der Waals surface area contributed by atoms with Crippen LogP contribution in [0, 0.1) is 12.7 Å². The molecule has 4 aromatic rings. The number of piperidine rings is 1. The van der Waals surface area contributed by atoms with Crippen LogP contribution >= 0.6 is 0 Å². The number of likely N-dealkylation sites (tertiary alicyclic amines) is 1. The Morgan fingerprint density at radius 3 is 2.45 bits per heavy atom. The van der Waals surface area contributed by atoms with Crippen molar-refractivity contribution in [2.45, 2.75) is 52.5 Å². The van der Waals surface area contributed by atoms with Crippen molar-refractivity contribution in [1.29, 1.82) is 0 Å². The molecular weight excluding hydrogens is 495 g/mol. The molecule has 0 saturated carbocycles. The minimum absolute atomic E-state index is 0.167. The van der Waals surface area contributed by atoms with Crippen molar-refractivity contribution in [3.63, 3.8) is 0 Å². The summed E-state index contributed by atoms with van der Waals surface area (Å²) in [5, 5.41) is 3.27. The van der Waals surface area contributed by atoms with Gasteiger partial charge in [-0.3, -0.25) is 14.9 Å². The molecule has 0 aliphatic carbocycles. The molecule has 1 aliphatic heterocycles. The molecule has 0 bridgehead atoms. The van der Waals surface area contributed by atoms with E-state index in [-0.39, 0.29) is 5.82 Å². The second-order valence-corrected chi connectivity index (χ2v) is 10.5. The first-order chi connectivity index (χ1) is 19.5. The van der Waals surface area contributed by atoms with Gasteiger partial charge in [-0.25, -0.2) is 4.39 Å². The molecule has 208 valence electrons. The van der Waals surface area contributed by atoms with Crippen LogP contribution in [0.5, 0.6) is 0 Å². The Kier molecular flexibility index (Phi) is 10.6. The van der Waals surface area contributed by atoms with Gasteiger partial charge in [-0.2, -0.15) is 0 Å². The minimum Gasteiger partial charge on any atom is -0.388 e. The van der Waals surface area contributed by atoms with Crippen molar-refractivity contribution in [1.82, 2.24) is 14.9 Å². The van der Waals surface area contributed by atoms with Crippen molar-refractivity contribution < 1.29 is 4.39 Å². The maximum absolute atomic E-state index is 13.3. The van der Waals surface area contributed by atoms with Crippen molar-refractivity contribution in [3.8, 4) is 11.1 Å². The molecule has 4 nitrogen and oxygen atoms in total. The van der Waals surface area contributed by atoms with Crippen LogP contribution in [0.4, 0.5) is 10.1 Å². The number of anilines is 1. The third kappa shape index (κ3) is 8.09. The number of aryl methyl sites for hydroxylation is 1. The first-order valence-corrected chi connectivity index (χ1v) is 14.3. The fraction of sp³-hybridized carbons (Fsp3) is 0.314. The summed E-state index contributed by atoms with van der Waals surface area (Å²) < 4.78 is 13.3. The lowest BCUT2D eigenvalue weighted by Crippen LogP contribution is -2.29. The lowest BCUT2D eigenvalue weighted by atomic mass is 9.97. The molecule has 1 saturated heterocycles. The van der Waals surface area contributed by atoms with Crippen LogP contribution in [0.1, 0.15) is 60.6 Å². The number of halogens is 1. The molecule has 2 aromatic heterocycles. The number of rotatable bonds is 8. The maximum atomic E-state index is 13.3. The monoisotopic (exact) mass is 536 g/mol. The van der Waals surface area contributed by atoms with E-state index in [4.69, 9.17) is 0 Å². The van der Waals surface area contributed by atoms with Gasteiger partial charge in [0, 0.05) is 61.1 Å². The Bertz CT molecular complexity index is 1390. The summed E-state index contributed by atoms with van der Waals surface area (Å²) in [5.74, 6) is -0.167. The van der Waals surface area contributed by atoms with Crippen LogP contribution < -0.4 is 5.32 Å². The number of nitrogens with zero attached hydrogens (tertiary/aromatic N) is 3. The number of pyridine rings is 2. The molecule has 3 heterocycles. The van der Waals surface area contributed by atoms with E-state index in [2.05, 4.69) is 58.0 Å². The summed E-state index contributed by atoms with van der Waals surface area (Å²) in [6.07, 6.45) is 11.3. The van der Waals surface area contributed by atoms with Gasteiger partial charge >= 0.3 is 0 Å². The molecule has 40 heavy (non-hydrogen) atoms. The zero-order chi connectivity index (χ0) is 28.3. The molecule has 1 aliphatic rings. The standard InChI is InChI=1S/C22H29N3.C13H12FN/c1-4-17(2)21-13-19(8-9-22(21)23-3)20-12-18(14-24-15-20)16-25-10-6-5-7-11-25;1-10-6-7-12(15-9-10)8-11-4-2-3-5-13(11)14/h8-9,12-15,23H,2,4-7,10-11,16H2,1,3H3;2-7,9H,8H2,1H3. The fourth-order valence-electron chi connectivity index (χ4n) is 4.97. The molecule has 5 rings (SSSR count). The SMILES string of the molecule is C=C(CC)c1cc(-c2cncc(CN3CCCCC3)c2)ccc1NC.Cc1ccc(Cc2ccccc2F)nc1. The number of allylic oxidation sites excluding steroid dienone is 1. The lowest BCUT2D eigenvalue weighted by Gasteiger charge is -2.26. The van der Waals surface area contributed by atoms with E-state index < -0.39 is 0 Å². The Morgan fingerprint density at radius 2 is 1.75 bits per heavy atom. The van der Waals surface area contributed by atoms with Crippen molar-refractivity contribution in [2.75, 3.05) is 25.5 Å². The Balaban J connectivity index is 0.000000210.